The van der Waals surface area contributed by atoms with Gasteiger partial charge in [0.1, 0.15) is 1.41 Å². The highest BCUT2D eigenvalue weighted by Gasteiger charge is 2.45. The van der Waals surface area contributed by atoms with Gasteiger partial charge in [-0.1, -0.05) is 0 Å². The van der Waals surface area contributed by atoms with Gasteiger partial charge in [-0.2, -0.15) is 13.2 Å². The zero-order valence-electron chi connectivity index (χ0n) is 9.51. The topological polar surface area (TPSA) is 89.3 Å². The van der Waals surface area contributed by atoms with Crippen LogP contribution < -0.4 is 11.0 Å². The molecule has 0 fully saturated rings. The summed E-state index contributed by atoms with van der Waals surface area (Å²) >= 11 is 0. The quantitative estimate of drug-likeness (QED) is 0.637. The molecule has 2 atom stereocenters. The predicted octanol–water partition coefficient (Wildman–Crippen LogP) is -0.461. The highest BCUT2D eigenvalue weighted by molar-refractivity contribution is 6.41. The number of carbonyl (C=O) groups is 3. The molecule has 0 rings (SSSR count). The Morgan fingerprint density at radius 3 is 2.19 bits per heavy atom. The number of Topliss-reactive ketones (excluding diaryl/α,β-unsaturated/α-hetero) is 2. The Bertz CT molecular complexity index is 332. The minimum Gasteiger partial charge on any atom is -0.345 e. The van der Waals surface area contributed by atoms with Crippen molar-refractivity contribution in [1.82, 2.24) is 5.32 Å². The second-order valence-electron chi connectivity index (χ2n) is 3.14. The van der Waals surface area contributed by atoms with Crippen LogP contribution in [0, 0.1) is 0 Å². The minimum absolute atomic E-state index is 0.851. The molecule has 0 heterocycles. The van der Waals surface area contributed by atoms with Crippen molar-refractivity contribution in [2.24, 2.45) is 5.73 Å². The highest BCUT2D eigenvalue weighted by Crippen LogP contribution is 2.17. The van der Waals surface area contributed by atoms with Crippen LogP contribution in [0.1, 0.15) is 13.8 Å². The van der Waals surface area contributed by atoms with Crippen molar-refractivity contribution in [2.75, 3.05) is 0 Å². The number of nitrogens with one attached hydrogen (secondary N) is 1. The zero-order valence-corrected chi connectivity index (χ0v) is 8.51. The number of alkyl halides is 3. The number of nitrogens with two attached hydrogens (primary N) is 1. The predicted molar refractivity (Wildman–Crippen MR) is 47.3 cm³/mol. The smallest absolute Gasteiger partial charge is 0.345 e. The van der Waals surface area contributed by atoms with Crippen LogP contribution in [0.2, 0.25) is 1.41 Å². The van der Waals surface area contributed by atoms with E-state index in [0.29, 0.717) is 0 Å². The van der Waals surface area contributed by atoms with Crippen molar-refractivity contribution in [3.05, 3.63) is 0 Å². The van der Waals surface area contributed by atoms with E-state index in [1.165, 1.54) is 6.92 Å². The maximum absolute atomic E-state index is 11.9. The van der Waals surface area contributed by atoms with Crippen molar-refractivity contribution < 1.29 is 29.0 Å². The molecule has 0 aromatic carbocycles. The normalized spacial score (nSPS) is 15.9. The third-order valence-electron chi connectivity index (χ3n) is 1.63. The van der Waals surface area contributed by atoms with E-state index in [-0.39, 0.29) is 0 Å². The molecule has 3 N–H and O–H groups in total. The second kappa shape index (κ2) is 5.06. The van der Waals surface area contributed by atoms with E-state index >= 15 is 0 Å². The first kappa shape index (κ1) is 12.6. The first-order valence-electron chi connectivity index (χ1n) is 4.74. The van der Waals surface area contributed by atoms with Crippen molar-refractivity contribution in [2.45, 2.75) is 32.1 Å². The average molecular weight is 241 g/mol. The summed E-state index contributed by atoms with van der Waals surface area (Å²) in [7, 11) is 0. The summed E-state index contributed by atoms with van der Waals surface area (Å²) in [6.07, 6.45) is -5.25. The monoisotopic (exact) mass is 241 g/mol. The summed E-state index contributed by atoms with van der Waals surface area (Å²) < 4.78 is 42.3. The lowest BCUT2D eigenvalue weighted by atomic mass is 10.1. The van der Waals surface area contributed by atoms with Crippen LogP contribution in [0.25, 0.3) is 0 Å². The van der Waals surface area contributed by atoms with Crippen LogP contribution in [-0.2, 0) is 14.4 Å². The van der Waals surface area contributed by atoms with Crippen LogP contribution >= 0.6 is 0 Å². The van der Waals surface area contributed by atoms with E-state index in [9.17, 15) is 27.6 Å². The van der Waals surface area contributed by atoms with Gasteiger partial charge in [0.05, 0.1) is 12.1 Å². The Labute approximate surface area is 90.6 Å². The van der Waals surface area contributed by atoms with Crippen LogP contribution in [-0.4, -0.2) is 35.7 Å². The molecule has 0 radical (unpaired) electrons. The van der Waals surface area contributed by atoms with Crippen LogP contribution in [0.3, 0.4) is 0 Å². The van der Waals surface area contributed by atoms with Gasteiger partial charge in [0, 0.05) is 0 Å². The van der Waals surface area contributed by atoms with Crippen molar-refractivity contribution in [3.8, 4) is 0 Å². The molecular formula is C8H11F3N2O3. The maximum Gasteiger partial charge on any atom is 0.458 e. The molecule has 0 aliphatic heterocycles. The minimum atomic E-state index is -5.25. The van der Waals surface area contributed by atoms with E-state index in [1.807, 2.05) is 5.32 Å². The Morgan fingerprint density at radius 2 is 1.81 bits per heavy atom. The summed E-state index contributed by atoms with van der Waals surface area (Å²) in [5, 5.41) is 1.89. The molecule has 0 aromatic rings. The lowest BCUT2D eigenvalue weighted by Crippen LogP contribution is -2.49. The molecule has 5 nitrogen and oxygen atoms in total. The molecule has 0 unspecified atom stereocenters. The Hall–Kier alpha value is -1.44. The molecule has 1 amide bonds. The first-order chi connectivity index (χ1) is 7.61. The van der Waals surface area contributed by atoms with Gasteiger partial charge in [-0.05, 0) is 13.8 Å². The van der Waals surface area contributed by atoms with Gasteiger partial charge in [-0.15, -0.1) is 0 Å². The molecule has 8 heteroatoms. The summed E-state index contributed by atoms with van der Waals surface area (Å²) in [5.41, 5.74) is 1.79. The van der Waals surface area contributed by atoms with Crippen LogP contribution in [0.4, 0.5) is 13.2 Å². The lowest BCUT2D eigenvalue weighted by Gasteiger charge is -2.14. The molecule has 0 aliphatic rings. The summed E-state index contributed by atoms with van der Waals surface area (Å²) in [6, 6.07) is -2.60. The van der Waals surface area contributed by atoms with Gasteiger partial charge >= 0.3 is 12.0 Å². The Morgan fingerprint density at radius 1 is 1.31 bits per heavy atom. The fourth-order valence-electron chi connectivity index (χ4n) is 0.740. The van der Waals surface area contributed by atoms with Crippen molar-refractivity contribution >= 4 is 17.5 Å². The van der Waals surface area contributed by atoms with E-state index in [2.05, 4.69) is 0 Å². The van der Waals surface area contributed by atoms with Gasteiger partial charge < -0.3 is 11.0 Å². The van der Waals surface area contributed by atoms with Gasteiger partial charge in [-0.25, -0.2) is 0 Å². The van der Waals surface area contributed by atoms with E-state index in [0.717, 1.165) is 6.92 Å². The standard InChI is InChI=1S/C8H11F3N2O3/c1-3(12)7(16)13-4(2)5(14)6(15)8(9,10)11/h3-4H,12H2,1-2H3,(H,13,16)/t3-,4-/m1/s1/i/hD. The Balaban J connectivity index is 4.54. The lowest BCUT2D eigenvalue weighted by molar-refractivity contribution is -0.175. The average Bonchev–Trinajstić information content (AvgIpc) is 2.24. The van der Waals surface area contributed by atoms with Gasteiger partial charge in [0.25, 0.3) is 0 Å². The number of hydrogen-bond donors (Lipinski definition) is 2. The van der Waals surface area contributed by atoms with Crippen molar-refractivity contribution in [1.29, 1.82) is 0 Å². The highest BCUT2D eigenvalue weighted by atomic mass is 19.4. The number of hydrogen-bond acceptors (Lipinski definition) is 4. The molecule has 92 valence electrons. The molecule has 16 heavy (non-hydrogen) atoms. The molecule has 0 bridgehead atoms. The van der Waals surface area contributed by atoms with Crippen LogP contribution in [0.5, 0.6) is 0 Å². The van der Waals surface area contributed by atoms with E-state index in [4.69, 9.17) is 1.41 Å². The van der Waals surface area contributed by atoms with Gasteiger partial charge in [0.15, 0.2) is 0 Å². The largest absolute Gasteiger partial charge is 0.458 e. The molecule has 0 saturated heterocycles. The van der Waals surface area contributed by atoms with Gasteiger partial charge in [0.2, 0.25) is 11.7 Å². The maximum atomic E-state index is 11.9. The SMILES string of the molecule is [2H]N[C@H](C)C(=O)N[C@H](C)C(=O)C(=O)C(F)(F)F. The number of rotatable bonds is 5. The second-order valence-corrected chi connectivity index (χ2v) is 3.14. The third-order valence-corrected chi connectivity index (χ3v) is 1.63. The van der Waals surface area contributed by atoms with Crippen molar-refractivity contribution in [3.63, 3.8) is 0 Å². The fourth-order valence-corrected chi connectivity index (χ4v) is 0.740. The number of ketones is 2. The fraction of sp³-hybridized carbons (Fsp3) is 0.625. The Kier molecular flexibility index (Phi) is 3.99. The first-order valence-corrected chi connectivity index (χ1v) is 4.24. The summed E-state index contributed by atoms with van der Waals surface area (Å²) in [4.78, 5) is 32.7. The summed E-state index contributed by atoms with van der Waals surface area (Å²) in [6.45, 7) is 2.23. The molecule has 0 saturated carbocycles. The number of amides is 1. The molecular weight excluding hydrogens is 229 g/mol. The van der Waals surface area contributed by atoms with Crippen LogP contribution in [0.15, 0.2) is 0 Å². The third kappa shape index (κ3) is 3.97. The zero-order chi connectivity index (χ0) is 13.8. The van der Waals surface area contributed by atoms with E-state index in [1.54, 1.807) is 5.73 Å². The number of carbonyl (C=O) groups excluding carboxylic acids is 3. The summed E-state index contributed by atoms with van der Waals surface area (Å²) in [5.74, 6) is -5.12. The van der Waals surface area contributed by atoms with E-state index < -0.39 is 35.7 Å². The molecule has 0 aromatic heterocycles. The molecule has 0 aliphatic carbocycles. The van der Waals surface area contributed by atoms with Gasteiger partial charge in [-0.3, -0.25) is 14.4 Å². The molecule has 0 spiro atoms. The number of halogens is 3.